The van der Waals surface area contributed by atoms with E-state index in [2.05, 4.69) is 11.7 Å². The summed E-state index contributed by atoms with van der Waals surface area (Å²) in [4.78, 5) is 0. The summed E-state index contributed by atoms with van der Waals surface area (Å²) in [5, 5.41) is 0. The Morgan fingerprint density at radius 1 is 1.44 bits per heavy atom. The second-order valence-corrected chi connectivity index (χ2v) is 2.25. The zero-order chi connectivity index (χ0) is 6.69. The van der Waals surface area contributed by atoms with Crippen molar-refractivity contribution in [3.8, 4) is 0 Å². The topological polar surface area (TPSA) is 25.1 Å². The molecule has 0 aliphatic carbocycles. The van der Waals surface area contributed by atoms with Crippen LogP contribution in [0, 0.1) is 0 Å². The number of epoxide rings is 2. The number of hydrogen-bond acceptors (Lipinski definition) is 2. The van der Waals surface area contributed by atoms with Crippen molar-refractivity contribution in [2.45, 2.75) is 19.1 Å². The number of ether oxygens (including phenoxy) is 2. The zero-order valence-electron chi connectivity index (χ0n) is 5.47. The van der Waals surface area contributed by atoms with Crippen molar-refractivity contribution >= 4 is 0 Å². The van der Waals surface area contributed by atoms with E-state index >= 15 is 0 Å². The summed E-state index contributed by atoms with van der Waals surface area (Å²) in [5.41, 5.74) is 0. The van der Waals surface area contributed by atoms with E-state index in [9.17, 15) is 4.39 Å². The smallest absolute Gasteiger partial charge is 0.118 e. The maximum Gasteiger partial charge on any atom is 0.118 e. The lowest BCUT2D eigenvalue weighted by Crippen LogP contribution is -1.81. The van der Waals surface area contributed by atoms with Gasteiger partial charge in [0.1, 0.15) is 12.8 Å². The summed E-state index contributed by atoms with van der Waals surface area (Å²) in [5.74, 6) is 0. The summed E-state index contributed by atoms with van der Waals surface area (Å²) < 4.78 is 20.2. The molecule has 0 spiro atoms. The van der Waals surface area contributed by atoms with Gasteiger partial charge in [0, 0.05) is 0 Å². The quantitative estimate of drug-likeness (QED) is 0.494. The van der Waals surface area contributed by atoms with E-state index in [1.165, 1.54) is 0 Å². The molecule has 3 heteroatoms. The van der Waals surface area contributed by atoms with E-state index in [0.717, 1.165) is 6.61 Å². The molecule has 54 valence electrons. The van der Waals surface area contributed by atoms with E-state index in [4.69, 9.17) is 4.74 Å². The van der Waals surface area contributed by atoms with Crippen molar-refractivity contribution in [1.29, 1.82) is 0 Å². The van der Waals surface area contributed by atoms with Crippen LogP contribution in [0.3, 0.4) is 0 Å². The zero-order valence-corrected chi connectivity index (χ0v) is 5.47. The van der Waals surface area contributed by atoms with Gasteiger partial charge in [-0.05, 0) is 6.92 Å². The average Bonchev–Trinajstić information content (AvgIpc) is 2.57. The highest BCUT2D eigenvalue weighted by Crippen LogP contribution is 2.07. The van der Waals surface area contributed by atoms with Crippen LogP contribution in [0.5, 0.6) is 0 Å². The molecule has 2 fully saturated rings. The minimum absolute atomic E-state index is 0.0324. The van der Waals surface area contributed by atoms with Crippen LogP contribution in [0.25, 0.3) is 0 Å². The summed E-state index contributed by atoms with van der Waals surface area (Å²) >= 11 is 0. The van der Waals surface area contributed by atoms with Crippen molar-refractivity contribution in [1.82, 2.24) is 0 Å². The molecule has 2 atom stereocenters. The fourth-order valence-corrected chi connectivity index (χ4v) is 0.253. The Morgan fingerprint density at radius 2 is 1.89 bits per heavy atom. The lowest BCUT2D eigenvalue weighted by molar-refractivity contribution is 0.346. The van der Waals surface area contributed by atoms with Gasteiger partial charge in [0.2, 0.25) is 0 Å². The normalized spacial score (nSPS) is 36.7. The fraction of sp³-hybridized carbons (Fsp3) is 1.00. The molecule has 0 aromatic rings. The fourth-order valence-electron chi connectivity index (χ4n) is 0.253. The molecule has 0 saturated carbocycles. The molecule has 2 rings (SSSR count). The Kier molecular flexibility index (Phi) is 2.42. The van der Waals surface area contributed by atoms with Crippen molar-refractivity contribution in [2.24, 2.45) is 0 Å². The van der Waals surface area contributed by atoms with Gasteiger partial charge >= 0.3 is 0 Å². The Hall–Kier alpha value is -0.150. The Labute approximate surface area is 54.0 Å². The van der Waals surface area contributed by atoms with E-state index in [1.807, 2.05) is 0 Å². The van der Waals surface area contributed by atoms with E-state index in [1.54, 1.807) is 0 Å². The van der Waals surface area contributed by atoms with Gasteiger partial charge in [-0.25, -0.2) is 4.39 Å². The molecular weight excluding hydrogens is 123 g/mol. The molecule has 9 heavy (non-hydrogen) atoms. The molecule has 0 amide bonds. The standard InChI is InChI=1S/C3H5FO.C3H6O/c4-1-3-2-5-3;1-3-2-4-3/h3H,1-2H2;3H,2H2,1H3. The van der Waals surface area contributed by atoms with Gasteiger partial charge in [0.15, 0.2) is 0 Å². The van der Waals surface area contributed by atoms with Gasteiger partial charge < -0.3 is 9.47 Å². The maximum absolute atomic E-state index is 11.1. The third-order valence-electron chi connectivity index (χ3n) is 1.07. The average molecular weight is 134 g/mol. The van der Waals surface area contributed by atoms with Crippen LogP contribution in [0.1, 0.15) is 6.92 Å². The maximum atomic E-state index is 11.1. The van der Waals surface area contributed by atoms with Crippen molar-refractivity contribution in [2.75, 3.05) is 19.9 Å². The summed E-state index contributed by atoms with van der Waals surface area (Å²) in [6.07, 6.45) is 0.551. The highest BCUT2D eigenvalue weighted by atomic mass is 19.1. The summed E-state index contributed by atoms with van der Waals surface area (Å²) in [6.45, 7) is 3.37. The molecule has 0 radical (unpaired) electrons. The van der Waals surface area contributed by atoms with Crippen molar-refractivity contribution in [3.05, 3.63) is 0 Å². The first kappa shape index (κ1) is 6.96. The first-order valence-corrected chi connectivity index (χ1v) is 3.12. The van der Waals surface area contributed by atoms with Gasteiger partial charge in [0.05, 0.1) is 19.3 Å². The van der Waals surface area contributed by atoms with Crippen LogP contribution < -0.4 is 0 Å². The molecule has 0 bridgehead atoms. The van der Waals surface area contributed by atoms with Crippen LogP contribution in [0.15, 0.2) is 0 Å². The van der Waals surface area contributed by atoms with Gasteiger partial charge in [-0.2, -0.15) is 0 Å². The highest BCUT2D eigenvalue weighted by Gasteiger charge is 2.20. The second kappa shape index (κ2) is 3.13. The number of hydrogen-bond donors (Lipinski definition) is 0. The van der Waals surface area contributed by atoms with Gasteiger partial charge in [0.25, 0.3) is 0 Å². The minimum Gasteiger partial charge on any atom is -0.373 e. The first-order chi connectivity index (χ1) is 4.33. The predicted octanol–water partition coefficient (Wildman–Crippen LogP) is 0.760. The third-order valence-corrected chi connectivity index (χ3v) is 1.07. The predicted molar refractivity (Wildman–Crippen MR) is 31.1 cm³/mol. The number of halogens is 1. The molecule has 2 aliphatic rings. The molecule has 2 unspecified atom stereocenters. The minimum atomic E-state index is -0.306. The lowest BCUT2D eigenvalue weighted by atomic mass is 10.6. The lowest BCUT2D eigenvalue weighted by Gasteiger charge is -1.66. The number of rotatable bonds is 1. The van der Waals surface area contributed by atoms with Gasteiger partial charge in [-0.3, -0.25) is 0 Å². The van der Waals surface area contributed by atoms with Gasteiger partial charge in [-0.1, -0.05) is 0 Å². The van der Waals surface area contributed by atoms with Crippen LogP contribution >= 0.6 is 0 Å². The van der Waals surface area contributed by atoms with Crippen molar-refractivity contribution in [3.63, 3.8) is 0 Å². The molecule has 0 N–H and O–H groups in total. The van der Waals surface area contributed by atoms with Crippen LogP contribution in [-0.4, -0.2) is 32.1 Å². The molecular formula is C6H11FO2. The van der Waals surface area contributed by atoms with Crippen LogP contribution in [0.4, 0.5) is 4.39 Å². The monoisotopic (exact) mass is 134 g/mol. The largest absolute Gasteiger partial charge is 0.373 e. The van der Waals surface area contributed by atoms with E-state index < -0.39 is 0 Å². The van der Waals surface area contributed by atoms with E-state index in [-0.39, 0.29) is 12.8 Å². The van der Waals surface area contributed by atoms with Crippen LogP contribution in [0.2, 0.25) is 0 Å². The second-order valence-electron chi connectivity index (χ2n) is 2.25. The molecule has 2 saturated heterocycles. The SMILES string of the molecule is CC1CO1.FCC1CO1. The summed E-state index contributed by atoms with van der Waals surface area (Å²) in [6, 6.07) is 0. The molecule has 0 aromatic heterocycles. The molecule has 0 aromatic carbocycles. The number of alkyl halides is 1. The van der Waals surface area contributed by atoms with Gasteiger partial charge in [-0.15, -0.1) is 0 Å². The Bertz CT molecular complexity index is 79.1. The molecule has 2 heterocycles. The first-order valence-electron chi connectivity index (χ1n) is 3.12. The molecule has 2 aliphatic heterocycles. The Morgan fingerprint density at radius 3 is 1.89 bits per heavy atom. The van der Waals surface area contributed by atoms with Crippen molar-refractivity contribution < 1.29 is 13.9 Å². The summed E-state index contributed by atoms with van der Waals surface area (Å²) in [7, 11) is 0. The highest BCUT2D eigenvalue weighted by molar-refractivity contribution is 4.65. The third kappa shape index (κ3) is 4.36. The Balaban J connectivity index is 0.0000000922. The van der Waals surface area contributed by atoms with Crippen LogP contribution in [-0.2, 0) is 9.47 Å². The van der Waals surface area contributed by atoms with E-state index in [0.29, 0.717) is 12.7 Å². The molecule has 2 nitrogen and oxygen atoms in total.